The van der Waals surface area contributed by atoms with Crippen molar-refractivity contribution in [3.05, 3.63) is 34.9 Å². The minimum atomic E-state index is 0.0316. The summed E-state index contributed by atoms with van der Waals surface area (Å²) in [5, 5.41) is 3.52. The molecule has 1 rings (SSSR count). The van der Waals surface area contributed by atoms with Crippen LogP contribution >= 0.6 is 11.6 Å². The van der Waals surface area contributed by atoms with E-state index in [1.807, 2.05) is 37.2 Å². The normalized spacial score (nSPS) is 10.5. The maximum atomic E-state index is 11.5. The molecule has 1 amide bonds. The van der Waals surface area contributed by atoms with Crippen molar-refractivity contribution in [2.75, 3.05) is 27.2 Å². The number of hydrogen-bond acceptors (Lipinski definition) is 2. The number of nitrogens with one attached hydrogen (secondary N) is 1. The van der Waals surface area contributed by atoms with Crippen LogP contribution in [-0.2, 0) is 11.2 Å². The first-order valence-electron chi connectivity index (χ1n) is 5.24. The van der Waals surface area contributed by atoms with E-state index in [-0.39, 0.29) is 5.91 Å². The van der Waals surface area contributed by atoms with Gasteiger partial charge in [-0.15, -0.1) is 0 Å². The molecule has 0 heterocycles. The Hall–Kier alpha value is -1.06. The predicted molar refractivity (Wildman–Crippen MR) is 66.7 cm³/mol. The fourth-order valence-corrected chi connectivity index (χ4v) is 1.53. The Morgan fingerprint density at radius 2 is 2.19 bits per heavy atom. The molecule has 1 N–H and O–H groups in total. The van der Waals surface area contributed by atoms with Gasteiger partial charge in [-0.1, -0.05) is 23.7 Å². The van der Waals surface area contributed by atoms with Crippen LogP contribution in [0.1, 0.15) is 5.56 Å². The van der Waals surface area contributed by atoms with Gasteiger partial charge in [0.15, 0.2) is 0 Å². The SMILES string of the molecule is CN(C)CCNC(=O)Cc1cccc(Cl)c1. The fourth-order valence-electron chi connectivity index (χ4n) is 1.31. The minimum Gasteiger partial charge on any atom is -0.355 e. The average molecular weight is 241 g/mol. The van der Waals surface area contributed by atoms with Crippen molar-refractivity contribution < 1.29 is 4.79 Å². The molecule has 0 saturated carbocycles. The molecule has 4 heteroatoms. The first-order valence-corrected chi connectivity index (χ1v) is 5.61. The molecule has 0 atom stereocenters. The molecule has 0 aliphatic rings. The van der Waals surface area contributed by atoms with Gasteiger partial charge < -0.3 is 10.2 Å². The Labute approximate surface area is 101 Å². The van der Waals surface area contributed by atoms with Crippen molar-refractivity contribution >= 4 is 17.5 Å². The third-order valence-corrected chi connectivity index (χ3v) is 2.37. The molecule has 0 aliphatic heterocycles. The number of carbonyl (C=O) groups is 1. The summed E-state index contributed by atoms with van der Waals surface area (Å²) in [5.74, 6) is 0.0316. The number of nitrogens with zero attached hydrogens (tertiary/aromatic N) is 1. The Bertz CT molecular complexity index is 353. The van der Waals surface area contributed by atoms with E-state index in [2.05, 4.69) is 5.32 Å². The second-order valence-corrected chi connectivity index (χ2v) is 4.40. The van der Waals surface area contributed by atoms with E-state index in [1.165, 1.54) is 0 Å². The van der Waals surface area contributed by atoms with Crippen molar-refractivity contribution in [3.63, 3.8) is 0 Å². The number of carbonyl (C=O) groups excluding carboxylic acids is 1. The molecule has 0 unspecified atom stereocenters. The number of hydrogen-bond donors (Lipinski definition) is 1. The van der Waals surface area contributed by atoms with E-state index in [9.17, 15) is 4.79 Å². The fraction of sp³-hybridized carbons (Fsp3) is 0.417. The van der Waals surface area contributed by atoms with Gasteiger partial charge in [-0.3, -0.25) is 4.79 Å². The van der Waals surface area contributed by atoms with Gasteiger partial charge in [-0.05, 0) is 31.8 Å². The lowest BCUT2D eigenvalue weighted by molar-refractivity contribution is -0.120. The molecular formula is C12H17ClN2O. The Kier molecular flexibility index (Phi) is 5.29. The summed E-state index contributed by atoms with van der Waals surface area (Å²) in [5.41, 5.74) is 0.940. The highest BCUT2D eigenvalue weighted by Crippen LogP contribution is 2.10. The van der Waals surface area contributed by atoms with Gasteiger partial charge in [0, 0.05) is 18.1 Å². The third kappa shape index (κ3) is 5.14. The van der Waals surface area contributed by atoms with Gasteiger partial charge in [0.2, 0.25) is 5.91 Å². The zero-order valence-corrected chi connectivity index (χ0v) is 10.4. The molecule has 3 nitrogen and oxygen atoms in total. The van der Waals surface area contributed by atoms with Crippen molar-refractivity contribution in [3.8, 4) is 0 Å². The van der Waals surface area contributed by atoms with Crippen LogP contribution in [0.2, 0.25) is 5.02 Å². The van der Waals surface area contributed by atoms with Crippen LogP contribution in [0.15, 0.2) is 24.3 Å². The highest BCUT2D eigenvalue weighted by atomic mass is 35.5. The number of halogens is 1. The van der Waals surface area contributed by atoms with Crippen LogP contribution in [0.25, 0.3) is 0 Å². The van der Waals surface area contributed by atoms with Gasteiger partial charge >= 0.3 is 0 Å². The van der Waals surface area contributed by atoms with Crippen molar-refractivity contribution in [1.82, 2.24) is 10.2 Å². The molecule has 0 spiro atoms. The highest BCUT2D eigenvalue weighted by Gasteiger charge is 2.03. The molecule has 0 saturated heterocycles. The standard InChI is InChI=1S/C12H17ClN2O/c1-15(2)7-6-14-12(16)9-10-4-3-5-11(13)8-10/h3-5,8H,6-7,9H2,1-2H3,(H,14,16). The van der Waals surface area contributed by atoms with Crippen molar-refractivity contribution in [2.24, 2.45) is 0 Å². The molecule has 0 aliphatic carbocycles. The summed E-state index contributed by atoms with van der Waals surface area (Å²) >= 11 is 5.84. The molecular weight excluding hydrogens is 224 g/mol. The maximum absolute atomic E-state index is 11.5. The first-order chi connectivity index (χ1) is 7.58. The van der Waals surface area contributed by atoms with Gasteiger partial charge in [0.25, 0.3) is 0 Å². The second-order valence-electron chi connectivity index (χ2n) is 3.96. The lowest BCUT2D eigenvalue weighted by Gasteiger charge is -2.10. The summed E-state index contributed by atoms with van der Waals surface area (Å²) in [6.45, 7) is 1.52. The van der Waals surface area contributed by atoms with Crippen LogP contribution < -0.4 is 5.32 Å². The van der Waals surface area contributed by atoms with E-state index in [4.69, 9.17) is 11.6 Å². The highest BCUT2D eigenvalue weighted by molar-refractivity contribution is 6.30. The molecule has 0 bridgehead atoms. The van der Waals surface area contributed by atoms with Crippen LogP contribution in [0.5, 0.6) is 0 Å². The van der Waals surface area contributed by atoms with Gasteiger partial charge in [-0.2, -0.15) is 0 Å². The van der Waals surface area contributed by atoms with Crippen molar-refractivity contribution in [2.45, 2.75) is 6.42 Å². The van der Waals surface area contributed by atoms with Gasteiger partial charge in [0.05, 0.1) is 6.42 Å². The van der Waals surface area contributed by atoms with E-state index < -0.39 is 0 Å². The first kappa shape index (κ1) is 13.0. The summed E-state index contributed by atoms with van der Waals surface area (Å²) < 4.78 is 0. The van der Waals surface area contributed by atoms with Crippen LogP contribution in [0, 0.1) is 0 Å². The lowest BCUT2D eigenvalue weighted by atomic mass is 10.1. The van der Waals surface area contributed by atoms with E-state index in [1.54, 1.807) is 6.07 Å². The lowest BCUT2D eigenvalue weighted by Crippen LogP contribution is -2.32. The summed E-state index contributed by atoms with van der Waals surface area (Å²) in [4.78, 5) is 13.6. The quantitative estimate of drug-likeness (QED) is 0.847. The van der Waals surface area contributed by atoms with E-state index in [0.29, 0.717) is 18.0 Å². The number of benzene rings is 1. The smallest absolute Gasteiger partial charge is 0.224 e. The molecule has 0 aromatic heterocycles. The second kappa shape index (κ2) is 6.51. The van der Waals surface area contributed by atoms with Gasteiger partial charge in [-0.25, -0.2) is 0 Å². The van der Waals surface area contributed by atoms with Crippen LogP contribution in [0.3, 0.4) is 0 Å². The molecule has 0 fully saturated rings. The molecule has 88 valence electrons. The maximum Gasteiger partial charge on any atom is 0.224 e. The topological polar surface area (TPSA) is 32.3 Å². The average Bonchev–Trinajstić information content (AvgIpc) is 2.16. The third-order valence-electron chi connectivity index (χ3n) is 2.13. The molecule has 16 heavy (non-hydrogen) atoms. The van der Waals surface area contributed by atoms with Crippen LogP contribution in [0.4, 0.5) is 0 Å². The summed E-state index contributed by atoms with van der Waals surface area (Å²) in [6.07, 6.45) is 0.383. The number of amides is 1. The summed E-state index contributed by atoms with van der Waals surface area (Å²) in [6, 6.07) is 7.37. The van der Waals surface area contributed by atoms with E-state index >= 15 is 0 Å². The Morgan fingerprint density at radius 1 is 1.44 bits per heavy atom. The Balaban J connectivity index is 2.34. The molecule has 1 aromatic carbocycles. The zero-order valence-electron chi connectivity index (χ0n) is 9.66. The summed E-state index contributed by atoms with van der Waals surface area (Å²) in [7, 11) is 3.95. The molecule has 1 aromatic rings. The van der Waals surface area contributed by atoms with Gasteiger partial charge in [0.1, 0.15) is 0 Å². The monoisotopic (exact) mass is 240 g/mol. The number of likely N-dealkylation sites (N-methyl/N-ethyl adjacent to an activating group) is 1. The van der Waals surface area contributed by atoms with Crippen molar-refractivity contribution in [1.29, 1.82) is 0 Å². The number of rotatable bonds is 5. The van der Waals surface area contributed by atoms with E-state index in [0.717, 1.165) is 12.1 Å². The Morgan fingerprint density at radius 3 is 2.81 bits per heavy atom. The largest absolute Gasteiger partial charge is 0.355 e. The minimum absolute atomic E-state index is 0.0316. The zero-order chi connectivity index (χ0) is 12.0. The van der Waals surface area contributed by atoms with Crippen LogP contribution in [-0.4, -0.2) is 38.0 Å². The molecule has 0 radical (unpaired) electrons. The predicted octanol–water partition coefficient (Wildman–Crippen LogP) is 1.56.